The van der Waals surface area contributed by atoms with Crippen LogP contribution < -0.4 is 5.32 Å². The lowest BCUT2D eigenvalue weighted by Crippen LogP contribution is -2.37. The summed E-state index contributed by atoms with van der Waals surface area (Å²) in [6, 6.07) is 12.1. The Kier molecular flexibility index (Phi) is 4.77. The number of phenolic OH excluding ortho intramolecular Hbond substituents is 1. The van der Waals surface area contributed by atoms with E-state index in [1.54, 1.807) is 17.4 Å². The molecule has 2 saturated heterocycles. The predicted molar refractivity (Wildman–Crippen MR) is 100 cm³/mol. The Morgan fingerprint density at radius 2 is 2.00 bits per heavy atom. The van der Waals surface area contributed by atoms with E-state index in [1.807, 2.05) is 23.1 Å². The Bertz CT molecular complexity index is 744. The van der Waals surface area contributed by atoms with Crippen molar-refractivity contribution in [3.8, 4) is 5.75 Å². The van der Waals surface area contributed by atoms with E-state index in [4.69, 9.17) is 0 Å². The topological polar surface area (TPSA) is 52.6 Å². The molecule has 0 bridgehead atoms. The van der Waals surface area contributed by atoms with Crippen LogP contribution in [-0.2, 0) is 0 Å². The molecule has 5 heteroatoms. The van der Waals surface area contributed by atoms with Crippen LogP contribution >= 0.6 is 11.3 Å². The Hall–Kier alpha value is -1.85. The lowest BCUT2D eigenvalue weighted by Gasteiger charge is -2.32. The molecule has 1 aromatic carbocycles. The van der Waals surface area contributed by atoms with Gasteiger partial charge in [-0.2, -0.15) is 0 Å². The van der Waals surface area contributed by atoms with Crippen molar-refractivity contribution in [2.75, 3.05) is 19.6 Å². The number of likely N-dealkylation sites (tertiary alicyclic amines) is 1. The van der Waals surface area contributed by atoms with Gasteiger partial charge in [0, 0.05) is 24.0 Å². The van der Waals surface area contributed by atoms with E-state index in [-0.39, 0.29) is 5.91 Å². The maximum Gasteiger partial charge on any atom is 0.263 e. The van der Waals surface area contributed by atoms with E-state index in [2.05, 4.69) is 17.4 Å². The Balaban J connectivity index is 1.38. The van der Waals surface area contributed by atoms with Crippen LogP contribution in [0.3, 0.4) is 0 Å². The van der Waals surface area contributed by atoms with E-state index < -0.39 is 0 Å². The van der Waals surface area contributed by atoms with Gasteiger partial charge in [0.1, 0.15) is 5.75 Å². The quantitative estimate of drug-likeness (QED) is 0.877. The minimum Gasteiger partial charge on any atom is -0.508 e. The highest BCUT2D eigenvalue weighted by molar-refractivity contribution is 7.14. The highest BCUT2D eigenvalue weighted by Crippen LogP contribution is 2.33. The van der Waals surface area contributed by atoms with Gasteiger partial charge in [0.2, 0.25) is 0 Å². The molecule has 0 spiro atoms. The molecule has 4 nitrogen and oxygen atoms in total. The average Bonchev–Trinajstić information content (AvgIpc) is 3.32. The number of thiophene rings is 1. The normalized spacial score (nSPS) is 21.6. The second-order valence-corrected chi connectivity index (χ2v) is 8.13. The third-order valence-electron chi connectivity index (χ3n) is 5.37. The van der Waals surface area contributed by atoms with Gasteiger partial charge >= 0.3 is 0 Å². The fourth-order valence-electron chi connectivity index (χ4n) is 3.93. The van der Waals surface area contributed by atoms with Gasteiger partial charge in [0.05, 0.1) is 4.88 Å². The molecule has 25 heavy (non-hydrogen) atoms. The van der Waals surface area contributed by atoms with E-state index >= 15 is 0 Å². The number of hydrogen-bond acceptors (Lipinski definition) is 4. The molecular formula is C20H24N2O2S. The van der Waals surface area contributed by atoms with Gasteiger partial charge in [-0.1, -0.05) is 12.1 Å². The molecule has 2 aliphatic heterocycles. The first-order chi connectivity index (χ1) is 12.2. The first-order valence-corrected chi connectivity index (χ1v) is 9.93. The summed E-state index contributed by atoms with van der Waals surface area (Å²) in [6.07, 6.45) is 4.30. The van der Waals surface area contributed by atoms with Crippen molar-refractivity contribution >= 4 is 17.2 Å². The molecule has 2 fully saturated rings. The number of nitrogens with one attached hydrogen (secondary N) is 1. The molecule has 1 aromatic heterocycles. The van der Waals surface area contributed by atoms with Gasteiger partial charge in [0.25, 0.3) is 5.91 Å². The molecule has 2 aromatic rings. The Morgan fingerprint density at radius 3 is 2.72 bits per heavy atom. The van der Waals surface area contributed by atoms with Crippen molar-refractivity contribution in [1.82, 2.24) is 10.2 Å². The number of carbonyl (C=O) groups excluding carboxylic acids is 1. The zero-order valence-electron chi connectivity index (χ0n) is 14.3. The Labute approximate surface area is 152 Å². The van der Waals surface area contributed by atoms with Crippen molar-refractivity contribution in [3.63, 3.8) is 0 Å². The van der Waals surface area contributed by atoms with Crippen LogP contribution in [-0.4, -0.2) is 35.5 Å². The van der Waals surface area contributed by atoms with Gasteiger partial charge in [-0.25, -0.2) is 0 Å². The summed E-state index contributed by atoms with van der Waals surface area (Å²) < 4.78 is 0. The largest absolute Gasteiger partial charge is 0.508 e. The lowest BCUT2D eigenvalue weighted by atomic mass is 9.89. The van der Waals surface area contributed by atoms with Crippen LogP contribution in [0.2, 0.25) is 0 Å². The Morgan fingerprint density at radius 1 is 1.16 bits per heavy atom. The molecule has 4 rings (SSSR count). The van der Waals surface area contributed by atoms with Crippen LogP contribution in [0.5, 0.6) is 5.75 Å². The van der Waals surface area contributed by atoms with Gasteiger partial charge in [0.15, 0.2) is 0 Å². The maximum atomic E-state index is 12.8. The van der Waals surface area contributed by atoms with Gasteiger partial charge in [-0.05, 0) is 68.0 Å². The van der Waals surface area contributed by atoms with Gasteiger partial charge in [-0.3, -0.25) is 4.79 Å². The van der Waals surface area contributed by atoms with Crippen LogP contribution in [0.15, 0.2) is 36.4 Å². The maximum absolute atomic E-state index is 12.8. The van der Waals surface area contributed by atoms with E-state index in [0.29, 0.717) is 17.7 Å². The molecule has 0 aliphatic carbocycles. The van der Waals surface area contributed by atoms with Crippen molar-refractivity contribution in [2.24, 2.45) is 0 Å². The number of carbonyl (C=O) groups is 1. The highest BCUT2D eigenvalue weighted by atomic mass is 32.1. The first-order valence-electron chi connectivity index (χ1n) is 9.12. The van der Waals surface area contributed by atoms with E-state index in [0.717, 1.165) is 37.4 Å². The number of aromatic hydroxyl groups is 1. The minimum absolute atomic E-state index is 0.170. The first kappa shape index (κ1) is 16.6. The molecule has 3 heterocycles. The van der Waals surface area contributed by atoms with Crippen molar-refractivity contribution < 1.29 is 9.90 Å². The molecular weight excluding hydrogens is 332 g/mol. The second-order valence-electron chi connectivity index (χ2n) is 7.01. The molecule has 1 amide bonds. The summed E-state index contributed by atoms with van der Waals surface area (Å²) in [5.41, 5.74) is 1.18. The third kappa shape index (κ3) is 3.58. The van der Waals surface area contributed by atoms with Crippen LogP contribution in [0.1, 0.15) is 57.8 Å². The summed E-state index contributed by atoms with van der Waals surface area (Å²) in [6.45, 7) is 2.65. The van der Waals surface area contributed by atoms with E-state index in [1.165, 1.54) is 23.3 Å². The fourth-order valence-corrected chi connectivity index (χ4v) is 5.02. The summed E-state index contributed by atoms with van der Waals surface area (Å²) >= 11 is 1.64. The number of hydrogen-bond donors (Lipinski definition) is 2. The monoisotopic (exact) mass is 356 g/mol. The van der Waals surface area contributed by atoms with Crippen molar-refractivity contribution in [3.05, 3.63) is 51.7 Å². The fraction of sp³-hybridized carbons (Fsp3) is 0.450. The minimum atomic E-state index is 0.170. The summed E-state index contributed by atoms with van der Waals surface area (Å²) in [5.74, 6) is 0.920. The number of piperidine rings is 1. The lowest BCUT2D eigenvalue weighted by molar-refractivity contribution is 0.0718. The smallest absolute Gasteiger partial charge is 0.263 e. The summed E-state index contributed by atoms with van der Waals surface area (Å²) in [5, 5.41) is 13.2. The standard InChI is InChI=1S/C20H24N2O2S/c23-16-4-1-3-15(13-16)14-8-11-22(12-9-14)20(24)19-7-6-18(25-19)17-5-2-10-21-17/h1,3-4,6-7,13-14,17,21,23H,2,5,8-12H2. The molecule has 0 radical (unpaired) electrons. The molecule has 1 atom stereocenters. The predicted octanol–water partition coefficient (Wildman–Crippen LogP) is 3.90. The van der Waals surface area contributed by atoms with Crippen LogP contribution in [0.4, 0.5) is 0 Å². The number of rotatable bonds is 3. The molecule has 2 aliphatic rings. The van der Waals surface area contributed by atoms with Crippen LogP contribution in [0, 0.1) is 0 Å². The molecule has 1 unspecified atom stereocenters. The van der Waals surface area contributed by atoms with Crippen LogP contribution in [0.25, 0.3) is 0 Å². The van der Waals surface area contributed by atoms with Crippen molar-refractivity contribution in [2.45, 2.75) is 37.6 Å². The average molecular weight is 356 g/mol. The van der Waals surface area contributed by atoms with Crippen molar-refractivity contribution in [1.29, 1.82) is 0 Å². The van der Waals surface area contributed by atoms with Gasteiger partial charge < -0.3 is 15.3 Å². The molecule has 2 N–H and O–H groups in total. The zero-order chi connectivity index (χ0) is 17.2. The summed E-state index contributed by atoms with van der Waals surface area (Å²) in [7, 11) is 0. The zero-order valence-corrected chi connectivity index (χ0v) is 15.1. The highest BCUT2D eigenvalue weighted by Gasteiger charge is 2.26. The number of amides is 1. The van der Waals surface area contributed by atoms with E-state index in [9.17, 15) is 9.90 Å². The molecule has 132 valence electrons. The van der Waals surface area contributed by atoms with Gasteiger partial charge in [-0.15, -0.1) is 11.3 Å². The summed E-state index contributed by atoms with van der Waals surface area (Å²) in [4.78, 5) is 16.9. The molecule has 0 saturated carbocycles. The number of phenols is 1. The SMILES string of the molecule is O=C(c1ccc(C2CCCN2)s1)N1CCC(c2cccc(O)c2)CC1. The number of benzene rings is 1. The number of nitrogens with zero attached hydrogens (tertiary/aromatic N) is 1. The third-order valence-corrected chi connectivity index (χ3v) is 6.55. The second kappa shape index (κ2) is 7.18.